The van der Waals surface area contributed by atoms with Crippen molar-refractivity contribution in [1.29, 1.82) is 0 Å². The molecule has 10 heteroatoms. The number of sulfonamides is 1. The summed E-state index contributed by atoms with van der Waals surface area (Å²) < 4.78 is 32.4. The lowest BCUT2D eigenvalue weighted by molar-refractivity contribution is -0.133. The highest BCUT2D eigenvalue weighted by Gasteiger charge is 2.23. The number of anilines is 2. The van der Waals surface area contributed by atoms with Crippen LogP contribution in [0, 0.1) is 0 Å². The molecule has 3 aromatic rings. The number of hydrogen-bond donors (Lipinski definition) is 0. The van der Waals surface area contributed by atoms with E-state index in [9.17, 15) is 13.2 Å². The topological polar surface area (TPSA) is 83.1 Å². The van der Waals surface area contributed by atoms with Crippen LogP contribution in [-0.2, 0) is 14.8 Å². The molecular weight excluding hydrogens is 448 g/mol. The largest absolute Gasteiger partial charge is 0.484 e. The van der Waals surface area contributed by atoms with Crippen LogP contribution in [0.1, 0.15) is 0 Å². The van der Waals surface area contributed by atoms with Gasteiger partial charge in [0.15, 0.2) is 6.61 Å². The van der Waals surface area contributed by atoms with Gasteiger partial charge in [-0.2, -0.15) is 0 Å². The van der Waals surface area contributed by atoms with Gasteiger partial charge in [0.25, 0.3) is 15.9 Å². The third kappa shape index (κ3) is 4.86. The van der Waals surface area contributed by atoms with Crippen molar-refractivity contribution < 1.29 is 17.9 Å². The van der Waals surface area contributed by atoms with Gasteiger partial charge in [-0.1, -0.05) is 12.1 Å². The van der Waals surface area contributed by atoms with Crippen LogP contribution < -0.4 is 13.9 Å². The third-order valence-corrected chi connectivity index (χ3v) is 8.44. The van der Waals surface area contributed by atoms with E-state index in [0.717, 1.165) is 18.9 Å². The second-order valence-electron chi connectivity index (χ2n) is 7.24. The molecule has 1 aliphatic rings. The zero-order valence-electron chi connectivity index (χ0n) is 17.6. The first-order valence-corrected chi connectivity index (χ1v) is 12.5. The molecule has 1 amide bonds. The SMILES string of the molecule is CN(c1ccc(OCC(=O)N2CCN(c3ccccn3)CC2)cc1)S(=O)(=O)c1cccs1. The minimum atomic E-state index is -3.58. The molecule has 0 aliphatic carbocycles. The van der Waals surface area contributed by atoms with E-state index in [1.807, 2.05) is 18.2 Å². The normalized spacial score (nSPS) is 14.3. The Morgan fingerprint density at radius 1 is 1.06 bits per heavy atom. The maximum absolute atomic E-state index is 12.6. The Hall–Kier alpha value is -3.11. The summed E-state index contributed by atoms with van der Waals surface area (Å²) in [5.74, 6) is 1.35. The smallest absolute Gasteiger partial charge is 0.273 e. The predicted molar refractivity (Wildman–Crippen MR) is 125 cm³/mol. The Kier molecular flexibility index (Phi) is 6.61. The molecule has 0 bridgehead atoms. The van der Waals surface area contributed by atoms with E-state index in [1.54, 1.807) is 52.9 Å². The number of rotatable bonds is 7. The lowest BCUT2D eigenvalue weighted by Crippen LogP contribution is -2.50. The molecule has 1 aromatic carbocycles. The van der Waals surface area contributed by atoms with Crippen LogP contribution in [0.4, 0.5) is 11.5 Å². The Balaban J connectivity index is 1.29. The maximum Gasteiger partial charge on any atom is 0.273 e. The molecule has 0 N–H and O–H groups in total. The minimum absolute atomic E-state index is 0.0632. The summed E-state index contributed by atoms with van der Waals surface area (Å²) in [4.78, 5) is 20.8. The lowest BCUT2D eigenvalue weighted by atomic mass is 10.3. The average molecular weight is 473 g/mol. The summed E-state index contributed by atoms with van der Waals surface area (Å²) >= 11 is 1.18. The fraction of sp³-hybridized carbons (Fsp3) is 0.273. The van der Waals surface area contributed by atoms with Crippen LogP contribution in [0.3, 0.4) is 0 Å². The lowest BCUT2D eigenvalue weighted by Gasteiger charge is -2.35. The van der Waals surface area contributed by atoms with Gasteiger partial charge in [-0.05, 0) is 47.8 Å². The maximum atomic E-state index is 12.6. The Morgan fingerprint density at radius 3 is 2.44 bits per heavy atom. The van der Waals surface area contributed by atoms with Crippen LogP contribution in [0.25, 0.3) is 0 Å². The van der Waals surface area contributed by atoms with Crippen molar-refractivity contribution in [3.63, 3.8) is 0 Å². The van der Waals surface area contributed by atoms with Crippen molar-refractivity contribution in [3.05, 3.63) is 66.2 Å². The zero-order chi connectivity index (χ0) is 22.6. The highest BCUT2D eigenvalue weighted by Crippen LogP contribution is 2.26. The highest BCUT2D eigenvalue weighted by atomic mass is 32.2. The molecule has 1 aliphatic heterocycles. The highest BCUT2D eigenvalue weighted by molar-refractivity contribution is 7.94. The minimum Gasteiger partial charge on any atom is -0.484 e. The van der Waals surface area contributed by atoms with Crippen molar-refractivity contribution in [2.45, 2.75) is 4.21 Å². The fourth-order valence-corrected chi connectivity index (χ4v) is 5.75. The summed E-state index contributed by atoms with van der Waals surface area (Å²) in [6, 6.07) is 15.8. The number of aromatic nitrogens is 1. The van der Waals surface area contributed by atoms with E-state index in [0.29, 0.717) is 24.5 Å². The van der Waals surface area contributed by atoms with Crippen molar-refractivity contribution >= 4 is 38.8 Å². The first-order valence-electron chi connectivity index (χ1n) is 10.1. The van der Waals surface area contributed by atoms with Crippen molar-refractivity contribution in [2.75, 3.05) is 49.0 Å². The van der Waals surface area contributed by atoms with Gasteiger partial charge >= 0.3 is 0 Å². The molecule has 3 heterocycles. The van der Waals surface area contributed by atoms with Gasteiger partial charge in [0.2, 0.25) is 0 Å². The molecule has 168 valence electrons. The summed E-state index contributed by atoms with van der Waals surface area (Å²) in [5.41, 5.74) is 0.516. The molecule has 0 unspecified atom stereocenters. The molecule has 2 aromatic heterocycles. The Labute approximate surface area is 191 Å². The van der Waals surface area contributed by atoms with Gasteiger partial charge in [0.05, 0.1) is 5.69 Å². The molecule has 0 spiro atoms. The molecular formula is C22H24N4O4S2. The summed E-state index contributed by atoms with van der Waals surface area (Å²) in [6.45, 7) is 2.61. The monoisotopic (exact) mass is 472 g/mol. The number of carbonyl (C=O) groups excluding carboxylic acids is 1. The van der Waals surface area contributed by atoms with E-state index >= 15 is 0 Å². The number of benzene rings is 1. The predicted octanol–water partition coefficient (Wildman–Crippen LogP) is 2.70. The van der Waals surface area contributed by atoms with E-state index in [2.05, 4.69) is 9.88 Å². The molecule has 4 rings (SSSR count). The first-order chi connectivity index (χ1) is 15.4. The van der Waals surface area contributed by atoms with Gasteiger partial charge < -0.3 is 14.5 Å². The first kappa shape index (κ1) is 22.1. The molecule has 1 saturated heterocycles. The van der Waals surface area contributed by atoms with E-state index in [1.165, 1.54) is 22.7 Å². The van der Waals surface area contributed by atoms with Gasteiger partial charge in [-0.25, -0.2) is 13.4 Å². The average Bonchev–Trinajstić information content (AvgIpc) is 3.39. The quantitative estimate of drug-likeness (QED) is 0.526. The van der Waals surface area contributed by atoms with Gasteiger partial charge in [-0.15, -0.1) is 11.3 Å². The molecule has 1 fully saturated rings. The Morgan fingerprint density at radius 2 is 1.81 bits per heavy atom. The molecule has 0 radical (unpaired) electrons. The third-order valence-electron chi connectivity index (χ3n) is 5.28. The number of nitrogens with zero attached hydrogens (tertiary/aromatic N) is 4. The second kappa shape index (κ2) is 9.58. The van der Waals surface area contributed by atoms with E-state index < -0.39 is 10.0 Å². The van der Waals surface area contributed by atoms with Crippen LogP contribution in [0.15, 0.2) is 70.4 Å². The van der Waals surface area contributed by atoms with Gasteiger partial charge in [0.1, 0.15) is 15.8 Å². The number of thiophene rings is 1. The van der Waals surface area contributed by atoms with Crippen LogP contribution >= 0.6 is 11.3 Å². The van der Waals surface area contributed by atoms with Crippen LogP contribution in [0.5, 0.6) is 5.75 Å². The van der Waals surface area contributed by atoms with Crippen LogP contribution in [-0.4, -0.2) is 64.0 Å². The van der Waals surface area contributed by atoms with Gasteiger partial charge in [0, 0.05) is 39.4 Å². The molecule has 0 atom stereocenters. The number of carbonyl (C=O) groups is 1. The van der Waals surface area contributed by atoms with Crippen molar-refractivity contribution in [2.24, 2.45) is 0 Å². The molecule has 0 saturated carbocycles. The summed E-state index contributed by atoms with van der Waals surface area (Å²) in [5, 5.41) is 1.73. The molecule has 8 nitrogen and oxygen atoms in total. The summed E-state index contributed by atoms with van der Waals surface area (Å²) in [7, 11) is -2.07. The van der Waals surface area contributed by atoms with E-state index in [-0.39, 0.29) is 16.7 Å². The molecule has 32 heavy (non-hydrogen) atoms. The standard InChI is InChI=1S/C22H24N4O4S2/c1-24(32(28,29)22-6-4-16-31-22)18-7-9-19(10-8-18)30-17-21(27)26-14-12-25(13-15-26)20-5-2-3-11-23-20/h2-11,16H,12-15,17H2,1H3. The van der Waals surface area contributed by atoms with Crippen molar-refractivity contribution in [1.82, 2.24) is 9.88 Å². The van der Waals surface area contributed by atoms with E-state index in [4.69, 9.17) is 4.74 Å². The fourth-order valence-electron chi connectivity index (χ4n) is 3.40. The van der Waals surface area contributed by atoms with Crippen LogP contribution in [0.2, 0.25) is 0 Å². The number of ether oxygens (including phenoxy) is 1. The number of amides is 1. The summed E-state index contributed by atoms with van der Waals surface area (Å²) in [6.07, 6.45) is 1.77. The number of hydrogen-bond acceptors (Lipinski definition) is 7. The number of piperazine rings is 1. The zero-order valence-corrected chi connectivity index (χ0v) is 19.3. The van der Waals surface area contributed by atoms with Gasteiger partial charge in [-0.3, -0.25) is 9.10 Å². The second-order valence-corrected chi connectivity index (χ2v) is 10.4. The Bertz CT molecular complexity index is 1130. The number of pyridine rings is 1. The van der Waals surface area contributed by atoms with Crippen molar-refractivity contribution in [3.8, 4) is 5.75 Å².